The molecule has 0 aliphatic heterocycles. The first kappa shape index (κ1) is 18.8. The fourth-order valence-corrected chi connectivity index (χ4v) is 2.64. The fourth-order valence-electron chi connectivity index (χ4n) is 2.13. The summed E-state index contributed by atoms with van der Waals surface area (Å²) in [5.41, 5.74) is 2.23. The second-order valence-corrected chi connectivity index (χ2v) is 7.80. The number of anilines is 2. The Kier molecular flexibility index (Phi) is 5.69. The van der Waals surface area contributed by atoms with Gasteiger partial charge in [-0.2, -0.15) is 0 Å². The van der Waals surface area contributed by atoms with E-state index in [0.717, 1.165) is 17.5 Å². The van der Waals surface area contributed by atoms with Gasteiger partial charge in [0.15, 0.2) is 6.10 Å². The molecule has 0 aliphatic rings. The first-order chi connectivity index (χ1) is 11.7. The van der Waals surface area contributed by atoms with E-state index < -0.39 is 16.1 Å². The third kappa shape index (κ3) is 4.96. The van der Waals surface area contributed by atoms with Crippen LogP contribution in [0.5, 0.6) is 5.75 Å². The molecule has 0 saturated heterocycles. The molecule has 0 heterocycles. The van der Waals surface area contributed by atoms with Crippen molar-refractivity contribution in [1.29, 1.82) is 0 Å². The van der Waals surface area contributed by atoms with Crippen LogP contribution in [0.3, 0.4) is 0 Å². The molecule has 1 amide bonds. The van der Waals surface area contributed by atoms with E-state index in [0.29, 0.717) is 11.4 Å². The maximum absolute atomic E-state index is 12.3. The average molecular weight is 362 g/mol. The normalized spacial score (nSPS) is 12.3. The second kappa shape index (κ2) is 7.57. The van der Waals surface area contributed by atoms with Crippen molar-refractivity contribution >= 4 is 27.3 Å². The Morgan fingerprint density at radius 3 is 2.28 bits per heavy atom. The number of rotatable bonds is 6. The summed E-state index contributed by atoms with van der Waals surface area (Å²) < 4.78 is 29.9. The van der Waals surface area contributed by atoms with Gasteiger partial charge in [-0.3, -0.25) is 9.10 Å². The van der Waals surface area contributed by atoms with Crippen LogP contribution >= 0.6 is 0 Å². The number of ether oxygens (including phenoxy) is 1. The molecule has 0 aliphatic carbocycles. The maximum atomic E-state index is 12.3. The van der Waals surface area contributed by atoms with Crippen molar-refractivity contribution in [3.8, 4) is 5.75 Å². The van der Waals surface area contributed by atoms with Gasteiger partial charge in [0.2, 0.25) is 10.0 Å². The van der Waals surface area contributed by atoms with Crippen molar-refractivity contribution in [3.63, 3.8) is 0 Å². The molecule has 0 unspecified atom stereocenters. The summed E-state index contributed by atoms with van der Waals surface area (Å²) in [5, 5.41) is 2.83. The Bertz CT molecular complexity index is 848. The highest BCUT2D eigenvalue weighted by Crippen LogP contribution is 2.21. The fraction of sp³-hybridized carbons (Fsp3) is 0.278. The Hall–Kier alpha value is -2.54. The zero-order chi connectivity index (χ0) is 18.6. The molecule has 0 bridgehead atoms. The summed E-state index contributed by atoms with van der Waals surface area (Å²) in [7, 11) is -1.84. The van der Waals surface area contributed by atoms with Crippen LogP contribution in [0, 0.1) is 6.92 Å². The number of sulfonamides is 1. The van der Waals surface area contributed by atoms with E-state index in [1.807, 2.05) is 31.2 Å². The molecule has 0 spiro atoms. The quantitative estimate of drug-likeness (QED) is 0.857. The van der Waals surface area contributed by atoms with E-state index in [1.54, 1.807) is 31.2 Å². The lowest BCUT2D eigenvalue weighted by molar-refractivity contribution is -0.122. The number of carbonyl (C=O) groups is 1. The number of hydrogen-bond acceptors (Lipinski definition) is 4. The topological polar surface area (TPSA) is 75.7 Å². The van der Waals surface area contributed by atoms with Gasteiger partial charge in [-0.05, 0) is 49.7 Å². The summed E-state index contributed by atoms with van der Waals surface area (Å²) in [4.78, 5) is 12.3. The molecule has 0 radical (unpaired) electrons. The Labute approximate surface area is 148 Å². The van der Waals surface area contributed by atoms with Crippen LogP contribution in [0.15, 0.2) is 48.5 Å². The van der Waals surface area contributed by atoms with E-state index in [9.17, 15) is 13.2 Å². The summed E-state index contributed by atoms with van der Waals surface area (Å²) >= 11 is 0. The summed E-state index contributed by atoms with van der Waals surface area (Å²) in [6.45, 7) is 3.57. The second-order valence-electron chi connectivity index (χ2n) is 5.79. The smallest absolute Gasteiger partial charge is 0.265 e. The zero-order valence-corrected chi connectivity index (χ0v) is 15.5. The number of benzene rings is 2. The minimum absolute atomic E-state index is 0.258. The number of hydrogen-bond donors (Lipinski definition) is 1. The van der Waals surface area contributed by atoms with Crippen LogP contribution in [0.25, 0.3) is 0 Å². The van der Waals surface area contributed by atoms with Crippen LogP contribution < -0.4 is 14.4 Å². The van der Waals surface area contributed by atoms with Gasteiger partial charge in [0.05, 0.1) is 11.9 Å². The molecule has 2 aromatic carbocycles. The summed E-state index contributed by atoms with van der Waals surface area (Å²) in [6.07, 6.45) is 0.438. The first-order valence-electron chi connectivity index (χ1n) is 7.75. The summed E-state index contributed by atoms with van der Waals surface area (Å²) in [6, 6.07) is 14.0. The lowest BCUT2D eigenvalue weighted by Crippen LogP contribution is -2.30. The molecular weight excluding hydrogens is 340 g/mol. The molecule has 1 N–H and O–H groups in total. The predicted molar refractivity (Wildman–Crippen MR) is 99.6 cm³/mol. The van der Waals surface area contributed by atoms with Crippen LogP contribution in [0.1, 0.15) is 12.5 Å². The van der Waals surface area contributed by atoms with Crippen molar-refractivity contribution in [2.45, 2.75) is 20.0 Å². The molecule has 2 rings (SSSR count). The number of nitrogens with one attached hydrogen (secondary N) is 1. The summed E-state index contributed by atoms with van der Waals surface area (Å²) in [5.74, 6) is 0.227. The minimum atomic E-state index is -3.32. The van der Waals surface area contributed by atoms with Gasteiger partial charge in [-0.1, -0.05) is 18.2 Å². The average Bonchev–Trinajstić information content (AvgIpc) is 2.56. The SMILES string of the molecule is Cc1ccccc1NC(=O)[C@H](C)Oc1ccc(N(C)S(C)(=O)=O)cc1. The lowest BCUT2D eigenvalue weighted by Gasteiger charge is -2.18. The first-order valence-corrected chi connectivity index (χ1v) is 9.60. The highest BCUT2D eigenvalue weighted by molar-refractivity contribution is 7.92. The predicted octanol–water partition coefficient (Wildman–Crippen LogP) is 2.80. The van der Waals surface area contributed by atoms with Crippen molar-refractivity contribution in [3.05, 3.63) is 54.1 Å². The largest absolute Gasteiger partial charge is 0.481 e. The minimum Gasteiger partial charge on any atom is -0.481 e. The molecule has 134 valence electrons. The van der Waals surface area contributed by atoms with Crippen molar-refractivity contribution < 1.29 is 17.9 Å². The molecule has 7 heteroatoms. The van der Waals surface area contributed by atoms with Crippen molar-refractivity contribution in [1.82, 2.24) is 0 Å². The van der Waals surface area contributed by atoms with Crippen LogP contribution in [0.2, 0.25) is 0 Å². The van der Waals surface area contributed by atoms with E-state index in [4.69, 9.17) is 4.74 Å². The Morgan fingerprint density at radius 2 is 1.72 bits per heavy atom. The van der Waals surface area contributed by atoms with E-state index >= 15 is 0 Å². The van der Waals surface area contributed by atoms with Gasteiger partial charge in [0.1, 0.15) is 5.75 Å². The van der Waals surface area contributed by atoms with Crippen molar-refractivity contribution in [2.24, 2.45) is 0 Å². The molecule has 2 aromatic rings. The van der Waals surface area contributed by atoms with Gasteiger partial charge < -0.3 is 10.1 Å². The number of carbonyl (C=O) groups excluding carboxylic acids is 1. The third-order valence-corrected chi connectivity index (χ3v) is 4.99. The zero-order valence-electron chi connectivity index (χ0n) is 14.7. The number of aryl methyl sites for hydroxylation is 1. The Morgan fingerprint density at radius 1 is 1.12 bits per heavy atom. The highest BCUT2D eigenvalue weighted by Gasteiger charge is 2.16. The molecule has 1 atom stereocenters. The van der Waals surface area contributed by atoms with Crippen LogP contribution in [-0.2, 0) is 14.8 Å². The standard InChI is InChI=1S/C18H22N2O4S/c1-13-7-5-6-8-17(13)19-18(21)14(2)24-16-11-9-15(10-12-16)20(3)25(4,22)23/h5-12,14H,1-4H3,(H,19,21)/t14-/m0/s1. The number of amides is 1. The van der Waals surface area contributed by atoms with Gasteiger partial charge in [-0.25, -0.2) is 8.42 Å². The molecule has 0 aromatic heterocycles. The van der Waals surface area contributed by atoms with E-state index in [1.165, 1.54) is 11.4 Å². The van der Waals surface area contributed by atoms with Crippen LogP contribution in [0.4, 0.5) is 11.4 Å². The van der Waals surface area contributed by atoms with E-state index in [-0.39, 0.29) is 5.91 Å². The monoisotopic (exact) mass is 362 g/mol. The molecule has 25 heavy (non-hydrogen) atoms. The third-order valence-electron chi connectivity index (χ3n) is 3.78. The lowest BCUT2D eigenvalue weighted by atomic mass is 10.2. The maximum Gasteiger partial charge on any atom is 0.265 e. The van der Waals surface area contributed by atoms with Gasteiger partial charge in [-0.15, -0.1) is 0 Å². The molecule has 6 nitrogen and oxygen atoms in total. The van der Waals surface area contributed by atoms with Crippen LogP contribution in [-0.4, -0.2) is 33.7 Å². The molecular formula is C18H22N2O4S. The van der Waals surface area contributed by atoms with Gasteiger partial charge in [0, 0.05) is 12.7 Å². The Balaban J connectivity index is 2.02. The van der Waals surface area contributed by atoms with E-state index in [2.05, 4.69) is 5.32 Å². The van der Waals surface area contributed by atoms with Gasteiger partial charge >= 0.3 is 0 Å². The molecule has 0 fully saturated rings. The highest BCUT2D eigenvalue weighted by atomic mass is 32.2. The number of para-hydroxylation sites is 1. The van der Waals surface area contributed by atoms with Gasteiger partial charge in [0.25, 0.3) is 5.91 Å². The van der Waals surface area contributed by atoms with Crippen molar-refractivity contribution in [2.75, 3.05) is 22.9 Å². The molecule has 0 saturated carbocycles. The number of nitrogens with zero attached hydrogens (tertiary/aromatic N) is 1.